The summed E-state index contributed by atoms with van der Waals surface area (Å²) >= 11 is 0. The zero-order valence-electron chi connectivity index (χ0n) is 11.1. The van der Waals surface area contributed by atoms with Crippen LogP contribution in [0.1, 0.15) is 61.7 Å². The van der Waals surface area contributed by atoms with Crippen molar-refractivity contribution in [2.75, 3.05) is 6.54 Å². The summed E-state index contributed by atoms with van der Waals surface area (Å²) in [4.78, 5) is 5.01. The lowest BCUT2D eigenvalue weighted by atomic mass is 10.1. The molecule has 98 valence electrons. The Bertz CT molecular complexity index is 439. The Labute approximate surface area is 109 Å². The van der Waals surface area contributed by atoms with Crippen LogP contribution in [-0.4, -0.2) is 16.1 Å². The van der Waals surface area contributed by atoms with Crippen molar-refractivity contribution in [3.8, 4) is 0 Å². The number of nitrogens with zero attached hydrogens (tertiary/aromatic N) is 2. The van der Waals surface area contributed by atoms with Crippen LogP contribution in [0, 0.1) is 5.92 Å². The molecule has 1 aromatic rings. The van der Waals surface area contributed by atoms with Crippen molar-refractivity contribution in [1.82, 2.24) is 14.9 Å². The van der Waals surface area contributed by atoms with Gasteiger partial charge in [-0.3, -0.25) is 0 Å². The van der Waals surface area contributed by atoms with Crippen LogP contribution < -0.4 is 5.32 Å². The number of fused-ring (bicyclic) bond motifs is 1. The van der Waals surface area contributed by atoms with Crippen LogP contribution in [0.3, 0.4) is 0 Å². The topological polar surface area (TPSA) is 29.9 Å². The highest BCUT2D eigenvalue weighted by Crippen LogP contribution is 2.38. The Morgan fingerprint density at radius 3 is 2.78 bits per heavy atom. The fourth-order valence-corrected chi connectivity index (χ4v) is 3.65. The van der Waals surface area contributed by atoms with Gasteiger partial charge in [0.25, 0.3) is 0 Å². The molecule has 0 saturated heterocycles. The third-order valence-corrected chi connectivity index (χ3v) is 4.87. The maximum atomic E-state index is 5.01. The molecule has 4 rings (SSSR count). The Kier molecular flexibility index (Phi) is 2.68. The van der Waals surface area contributed by atoms with Gasteiger partial charge in [-0.15, -0.1) is 0 Å². The lowest BCUT2D eigenvalue weighted by Gasteiger charge is -2.17. The van der Waals surface area contributed by atoms with Gasteiger partial charge >= 0.3 is 0 Å². The average molecular weight is 245 g/mol. The maximum Gasteiger partial charge on any atom is 0.112 e. The Morgan fingerprint density at radius 1 is 1.17 bits per heavy atom. The van der Waals surface area contributed by atoms with E-state index in [2.05, 4.69) is 9.88 Å². The van der Waals surface area contributed by atoms with Crippen LogP contribution in [0.5, 0.6) is 0 Å². The first-order chi connectivity index (χ1) is 8.92. The minimum atomic E-state index is 0.759. The second-order valence-electron chi connectivity index (χ2n) is 6.33. The first-order valence-electron chi connectivity index (χ1n) is 7.70. The minimum absolute atomic E-state index is 0.759. The van der Waals surface area contributed by atoms with Crippen molar-refractivity contribution < 1.29 is 0 Å². The van der Waals surface area contributed by atoms with Crippen molar-refractivity contribution in [3.63, 3.8) is 0 Å². The SMILES string of the molecule is C1CCC(c2nc3c(n2CC2CC2)CCNC3)C1. The fourth-order valence-electron chi connectivity index (χ4n) is 3.65. The van der Waals surface area contributed by atoms with E-state index in [1.807, 2.05) is 0 Å². The van der Waals surface area contributed by atoms with E-state index in [9.17, 15) is 0 Å². The molecular weight excluding hydrogens is 222 g/mol. The molecular formula is C15H23N3. The van der Waals surface area contributed by atoms with E-state index >= 15 is 0 Å². The van der Waals surface area contributed by atoms with Gasteiger partial charge in [-0.2, -0.15) is 0 Å². The zero-order valence-corrected chi connectivity index (χ0v) is 11.1. The van der Waals surface area contributed by atoms with Crippen LogP contribution in [0.2, 0.25) is 0 Å². The third kappa shape index (κ3) is 1.89. The normalized spacial score (nSPS) is 24.4. The molecule has 2 aliphatic carbocycles. The van der Waals surface area contributed by atoms with Gasteiger partial charge < -0.3 is 9.88 Å². The number of hydrogen-bond acceptors (Lipinski definition) is 2. The molecule has 1 aliphatic heterocycles. The summed E-state index contributed by atoms with van der Waals surface area (Å²) < 4.78 is 2.63. The summed E-state index contributed by atoms with van der Waals surface area (Å²) in [5.41, 5.74) is 2.91. The minimum Gasteiger partial charge on any atom is -0.331 e. The molecule has 2 saturated carbocycles. The van der Waals surface area contributed by atoms with E-state index in [1.54, 1.807) is 5.69 Å². The summed E-state index contributed by atoms with van der Waals surface area (Å²) in [7, 11) is 0. The molecule has 0 spiro atoms. The zero-order chi connectivity index (χ0) is 11.9. The first kappa shape index (κ1) is 11.0. The van der Waals surface area contributed by atoms with E-state index in [1.165, 1.54) is 63.0 Å². The number of aromatic nitrogens is 2. The number of imidazole rings is 1. The lowest BCUT2D eigenvalue weighted by molar-refractivity contribution is 0.524. The number of hydrogen-bond donors (Lipinski definition) is 1. The number of rotatable bonds is 3. The van der Waals surface area contributed by atoms with Crippen molar-refractivity contribution >= 4 is 0 Å². The van der Waals surface area contributed by atoms with Gasteiger partial charge in [0.15, 0.2) is 0 Å². The summed E-state index contributed by atoms with van der Waals surface area (Å²) in [6.45, 7) is 3.38. The molecule has 0 radical (unpaired) electrons. The smallest absolute Gasteiger partial charge is 0.112 e. The van der Waals surface area contributed by atoms with Crippen molar-refractivity contribution in [1.29, 1.82) is 0 Å². The monoisotopic (exact) mass is 245 g/mol. The van der Waals surface area contributed by atoms with Gasteiger partial charge in [0.05, 0.1) is 5.69 Å². The van der Waals surface area contributed by atoms with Gasteiger partial charge in [0, 0.05) is 37.7 Å². The molecule has 0 aromatic carbocycles. The van der Waals surface area contributed by atoms with Crippen molar-refractivity contribution in [3.05, 3.63) is 17.2 Å². The highest BCUT2D eigenvalue weighted by molar-refractivity contribution is 5.23. The van der Waals surface area contributed by atoms with Gasteiger partial charge in [-0.25, -0.2) is 4.98 Å². The van der Waals surface area contributed by atoms with E-state index < -0.39 is 0 Å². The quantitative estimate of drug-likeness (QED) is 0.887. The first-order valence-corrected chi connectivity index (χ1v) is 7.70. The largest absolute Gasteiger partial charge is 0.331 e. The van der Waals surface area contributed by atoms with Crippen molar-refractivity contribution in [2.24, 2.45) is 5.92 Å². The number of nitrogens with one attached hydrogen (secondary N) is 1. The maximum absolute atomic E-state index is 5.01. The van der Waals surface area contributed by atoms with Crippen LogP contribution in [0.4, 0.5) is 0 Å². The molecule has 0 unspecified atom stereocenters. The molecule has 3 heteroatoms. The molecule has 2 heterocycles. The second kappa shape index (κ2) is 4.37. The van der Waals surface area contributed by atoms with E-state index in [4.69, 9.17) is 4.98 Å². The van der Waals surface area contributed by atoms with Gasteiger partial charge in [0.1, 0.15) is 5.82 Å². The summed E-state index contributed by atoms with van der Waals surface area (Å²) in [6.07, 6.45) is 9.61. The molecule has 1 aromatic heterocycles. The molecule has 18 heavy (non-hydrogen) atoms. The standard InChI is InChI=1S/C15H23N3/c1-2-4-12(3-1)15-17-13-9-16-8-7-14(13)18(15)10-11-5-6-11/h11-12,16H,1-10H2. The highest BCUT2D eigenvalue weighted by Gasteiger charge is 2.30. The van der Waals surface area contributed by atoms with Crippen LogP contribution in [0.25, 0.3) is 0 Å². The van der Waals surface area contributed by atoms with E-state index in [0.717, 1.165) is 24.9 Å². The second-order valence-corrected chi connectivity index (χ2v) is 6.33. The molecule has 2 fully saturated rings. The van der Waals surface area contributed by atoms with Gasteiger partial charge in [-0.1, -0.05) is 12.8 Å². The fraction of sp³-hybridized carbons (Fsp3) is 0.800. The van der Waals surface area contributed by atoms with Gasteiger partial charge in [-0.05, 0) is 31.6 Å². The highest BCUT2D eigenvalue weighted by atomic mass is 15.1. The third-order valence-electron chi connectivity index (χ3n) is 4.87. The lowest BCUT2D eigenvalue weighted by Crippen LogP contribution is -2.25. The summed E-state index contributed by atoms with van der Waals surface area (Å²) in [5, 5.41) is 3.47. The Morgan fingerprint density at radius 2 is 2.00 bits per heavy atom. The molecule has 0 atom stereocenters. The molecule has 0 amide bonds. The molecule has 1 N–H and O–H groups in total. The summed E-state index contributed by atoms with van der Waals surface area (Å²) in [5.74, 6) is 3.15. The predicted molar refractivity (Wildman–Crippen MR) is 71.6 cm³/mol. The summed E-state index contributed by atoms with van der Waals surface area (Å²) in [6, 6.07) is 0. The van der Waals surface area contributed by atoms with Crippen LogP contribution >= 0.6 is 0 Å². The molecule has 3 nitrogen and oxygen atoms in total. The van der Waals surface area contributed by atoms with E-state index in [0.29, 0.717) is 0 Å². The van der Waals surface area contributed by atoms with E-state index in [-0.39, 0.29) is 0 Å². The molecule has 3 aliphatic rings. The van der Waals surface area contributed by atoms with Crippen molar-refractivity contribution in [2.45, 2.75) is 64.0 Å². The predicted octanol–water partition coefficient (Wildman–Crippen LogP) is 2.60. The molecule has 0 bridgehead atoms. The average Bonchev–Trinajstić information content (AvgIpc) is 2.91. The van der Waals surface area contributed by atoms with Crippen LogP contribution in [-0.2, 0) is 19.5 Å². The Balaban J connectivity index is 1.71. The van der Waals surface area contributed by atoms with Gasteiger partial charge in [0.2, 0.25) is 0 Å². The Hall–Kier alpha value is -0.830. The van der Waals surface area contributed by atoms with Crippen LogP contribution in [0.15, 0.2) is 0 Å².